The van der Waals surface area contributed by atoms with Crippen LogP contribution in [0.5, 0.6) is 5.75 Å². The van der Waals surface area contributed by atoms with Crippen molar-refractivity contribution in [2.75, 3.05) is 25.0 Å². The van der Waals surface area contributed by atoms with Gasteiger partial charge in [-0.1, -0.05) is 41.4 Å². The van der Waals surface area contributed by atoms with Crippen molar-refractivity contribution in [2.24, 2.45) is 0 Å². The summed E-state index contributed by atoms with van der Waals surface area (Å²) in [5.41, 5.74) is 0.654. The molecule has 0 N–H and O–H groups in total. The Balaban J connectivity index is 2.88. The quantitative estimate of drug-likeness (QED) is 0.681. The molecule has 0 atom stereocenters. The summed E-state index contributed by atoms with van der Waals surface area (Å²) in [5.74, 6) is 0.725. The second-order valence-electron chi connectivity index (χ2n) is 4.26. The van der Waals surface area contributed by atoms with E-state index in [0.717, 1.165) is 31.3 Å². The number of ether oxygens (including phenoxy) is 1. The average Bonchev–Trinajstić information content (AvgIpc) is 2.44. The third kappa shape index (κ3) is 4.86. The van der Waals surface area contributed by atoms with Crippen LogP contribution in [0, 0.1) is 0 Å². The molecule has 0 unspecified atom stereocenters. The summed E-state index contributed by atoms with van der Waals surface area (Å²) < 4.78 is 5.53. The van der Waals surface area contributed by atoms with E-state index in [4.69, 9.17) is 4.74 Å². The fourth-order valence-electron chi connectivity index (χ4n) is 1.86. The van der Waals surface area contributed by atoms with Crippen LogP contribution in [0.3, 0.4) is 0 Å². The van der Waals surface area contributed by atoms with Gasteiger partial charge in [0.2, 0.25) is 0 Å². The average molecular weight is 328 g/mol. The third-order valence-corrected chi connectivity index (χ3v) is 3.20. The topological polar surface area (TPSA) is 29.5 Å². The standard InChI is InChI=1S/C15H22BrNO2/c1-3-5-11-17(12-10-16)15(18)13-8-6-7-9-14(13)19-4-2/h6-9H,3-5,10-12H2,1-2H3. The fourth-order valence-corrected chi connectivity index (χ4v) is 2.29. The number of carbonyl (C=O) groups is 1. The van der Waals surface area contributed by atoms with Gasteiger partial charge >= 0.3 is 0 Å². The van der Waals surface area contributed by atoms with Gasteiger partial charge in [-0.15, -0.1) is 0 Å². The Morgan fingerprint density at radius 1 is 1.26 bits per heavy atom. The number of halogens is 1. The number of benzene rings is 1. The van der Waals surface area contributed by atoms with E-state index >= 15 is 0 Å². The van der Waals surface area contributed by atoms with E-state index in [-0.39, 0.29) is 5.91 Å². The lowest BCUT2D eigenvalue weighted by Gasteiger charge is -2.22. The third-order valence-electron chi connectivity index (χ3n) is 2.84. The number of hydrogen-bond donors (Lipinski definition) is 0. The zero-order chi connectivity index (χ0) is 14.1. The monoisotopic (exact) mass is 327 g/mol. The van der Waals surface area contributed by atoms with E-state index in [1.807, 2.05) is 36.1 Å². The van der Waals surface area contributed by atoms with Gasteiger partial charge in [0.25, 0.3) is 5.91 Å². The van der Waals surface area contributed by atoms with E-state index < -0.39 is 0 Å². The summed E-state index contributed by atoms with van der Waals surface area (Å²) in [5, 5.41) is 0.791. The van der Waals surface area contributed by atoms with Gasteiger partial charge < -0.3 is 9.64 Å². The van der Waals surface area contributed by atoms with E-state index in [1.165, 1.54) is 0 Å². The number of nitrogens with zero attached hydrogens (tertiary/aromatic N) is 1. The van der Waals surface area contributed by atoms with E-state index in [0.29, 0.717) is 17.9 Å². The molecule has 1 aromatic rings. The molecular weight excluding hydrogens is 306 g/mol. The van der Waals surface area contributed by atoms with Crippen LogP contribution >= 0.6 is 15.9 Å². The van der Waals surface area contributed by atoms with Crippen molar-refractivity contribution in [3.63, 3.8) is 0 Å². The van der Waals surface area contributed by atoms with Crippen molar-refractivity contribution in [2.45, 2.75) is 26.7 Å². The Hall–Kier alpha value is -1.03. The molecule has 0 aromatic heterocycles. The summed E-state index contributed by atoms with van der Waals surface area (Å²) in [7, 11) is 0. The number of alkyl halides is 1. The van der Waals surface area contributed by atoms with Crippen LogP contribution in [0.15, 0.2) is 24.3 Å². The first-order valence-corrected chi connectivity index (χ1v) is 7.93. The minimum Gasteiger partial charge on any atom is -0.493 e. The molecule has 0 heterocycles. The van der Waals surface area contributed by atoms with Gasteiger partial charge in [0.05, 0.1) is 12.2 Å². The molecule has 0 bridgehead atoms. The van der Waals surface area contributed by atoms with Gasteiger partial charge in [0.15, 0.2) is 0 Å². The first-order chi connectivity index (χ1) is 9.24. The highest BCUT2D eigenvalue weighted by molar-refractivity contribution is 9.09. The highest BCUT2D eigenvalue weighted by atomic mass is 79.9. The molecule has 0 fully saturated rings. The highest BCUT2D eigenvalue weighted by Crippen LogP contribution is 2.20. The summed E-state index contributed by atoms with van der Waals surface area (Å²) in [6.07, 6.45) is 2.11. The molecule has 0 radical (unpaired) electrons. The first-order valence-electron chi connectivity index (χ1n) is 6.81. The Kier molecular flexibility index (Phi) is 7.56. The number of carbonyl (C=O) groups excluding carboxylic acids is 1. The molecule has 1 aromatic carbocycles. The van der Waals surface area contributed by atoms with Gasteiger partial charge in [-0.05, 0) is 25.5 Å². The SMILES string of the molecule is CCCCN(CCBr)C(=O)c1ccccc1OCC. The first kappa shape index (κ1) is 16.0. The Bertz CT molecular complexity index is 395. The lowest BCUT2D eigenvalue weighted by atomic mass is 10.1. The van der Waals surface area contributed by atoms with Gasteiger partial charge in [-0.25, -0.2) is 0 Å². The lowest BCUT2D eigenvalue weighted by molar-refractivity contribution is 0.0760. The minimum absolute atomic E-state index is 0.0527. The maximum absolute atomic E-state index is 12.6. The summed E-state index contributed by atoms with van der Waals surface area (Å²) >= 11 is 3.41. The molecule has 0 spiro atoms. The molecule has 0 saturated heterocycles. The number of rotatable bonds is 8. The van der Waals surface area contributed by atoms with Crippen LogP contribution < -0.4 is 4.74 Å². The van der Waals surface area contributed by atoms with E-state index in [9.17, 15) is 4.79 Å². The van der Waals surface area contributed by atoms with Crippen molar-refractivity contribution in [1.29, 1.82) is 0 Å². The molecule has 19 heavy (non-hydrogen) atoms. The van der Waals surface area contributed by atoms with Crippen LogP contribution in [0.4, 0.5) is 0 Å². The van der Waals surface area contributed by atoms with Crippen LogP contribution in [-0.4, -0.2) is 35.8 Å². The van der Waals surface area contributed by atoms with Crippen molar-refractivity contribution in [1.82, 2.24) is 4.90 Å². The molecule has 0 aliphatic carbocycles. The maximum atomic E-state index is 12.6. The Morgan fingerprint density at radius 2 is 2.00 bits per heavy atom. The summed E-state index contributed by atoms with van der Waals surface area (Å²) in [4.78, 5) is 14.4. The van der Waals surface area contributed by atoms with Gasteiger partial charge in [-0.2, -0.15) is 0 Å². The van der Waals surface area contributed by atoms with Crippen LogP contribution in [0.1, 0.15) is 37.0 Å². The van der Waals surface area contributed by atoms with Crippen molar-refractivity contribution in [3.8, 4) is 5.75 Å². The van der Waals surface area contributed by atoms with E-state index in [2.05, 4.69) is 22.9 Å². The number of hydrogen-bond acceptors (Lipinski definition) is 2. The zero-order valence-electron chi connectivity index (χ0n) is 11.7. The number of para-hydroxylation sites is 1. The Morgan fingerprint density at radius 3 is 2.63 bits per heavy atom. The van der Waals surface area contributed by atoms with Gasteiger partial charge in [-0.3, -0.25) is 4.79 Å². The number of unbranched alkanes of at least 4 members (excludes halogenated alkanes) is 1. The molecule has 1 rings (SSSR count). The van der Waals surface area contributed by atoms with E-state index in [1.54, 1.807) is 0 Å². The largest absolute Gasteiger partial charge is 0.493 e. The molecule has 3 nitrogen and oxygen atoms in total. The predicted molar refractivity (Wildman–Crippen MR) is 82.2 cm³/mol. The highest BCUT2D eigenvalue weighted by Gasteiger charge is 2.18. The maximum Gasteiger partial charge on any atom is 0.257 e. The minimum atomic E-state index is 0.0527. The van der Waals surface area contributed by atoms with Crippen LogP contribution in [0.2, 0.25) is 0 Å². The molecule has 4 heteroatoms. The molecule has 0 aliphatic rings. The second kappa shape index (κ2) is 8.97. The Labute approximate surface area is 124 Å². The van der Waals surface area contributed by atoms with Crippen LogP contribution in [-0.2, 0) is 0 Å². The van der Waals surface area contributed by atoms with Gasteiger partial charge in [0.1, 0.15) is 5.75 Å². The molecule has 0 aliphatic heterocycles. The molecule has 1 amide bonds. The smallest absolute Gasteiger partial charge is 0.257 e. The van der Waals surface area contributed by atoms with Crippen molar-refractivity contribution >= 4 is 21.8 Å². The van der Waals surface area contributed by atoms with Gasteiger partial charge in [0, 0.05) is 18.4 Å². The fraction of sp³-hybridized carbons (Fsp3) is 0.533. The summed E-state index contributed by atoms with van der Waals surface area (Å²) in [6.45, 7) is 6.14. The van der Waals surface area contributed by atoms with Crippen LogP contribution in [0.25, 0.3) is 0 Å². The summed E-state index contributed by atoms with van der Waals surface area (Å²) in [6, 6.07) is 7.45. The molecule has 106 valence electrons. The normalized spacial score (nSPS) is 10.3. The molecular formula is C15H22BrNO2. The second-order valence-corrected chi connectivity index (χ2v) is 5.06. The zero-order valence-corrected chi connectivity index (χ0v) is 13.3. The van der Waals surface area contributed by atoms with Crippen molar-refractivity contribution < 1.29 is 9.53 Å². The number of amides is 1. The predicted octanol–water partition coefficient (Wildman–Crippen LogP) is 3.72. The van der Waals surface area contributed by atoms with Crippen molar-refractivity contribution in [3.05, 3.63) is 29.8 Å². The molecule has 0 saturated carbocycles. The lowest BCUT2D eigenvalue weighted by Crippen LogP contribution is -2.33.